The van der Waals surface area contributed by atoms with Crippen LogP contribution in [0.4, 0.5) is 11.4 Å². The minimum Gasteiger partial charge on any atom is -0.397 e. The lowest BCUT2D eigenvalue weighted by atomic mass is 9.82. The summed E-state index contributed by atoms with van der Waals surface area (Å²) in [6.45, 7) is 1.02. The van der Waals surface area contributed by atoms with E-state index < -0.39 is 32.3 Å². The van der Waals surface area contributed by atoms with E-state index in [0.29, 0.717) is 19.5 Å². The first-order valence-electron chi connectivity index (χ1n) is 9.11. The normalized spacial score (nSPS) is 13.1. The first kappa shape index (κ1) is 19.8. The van der Waals surface area contributed by atoms with Gasteiger partial charge in [0.1, 0.15) is 4.90 Å². The summed E-state index contributed by atoms with van der Waals surface area (Å²) in [5.74, 6) is -1.00. The molecule has 0 atom stereocenters. The van der Waals surface area contributed by atoms with Crippen molar-refractivity contribution >= 4 is 33.1 Å². The first-order chi connectivity index (χ1) is 14.3. The molecule has 0 saturated heterocycles. The molecule has 10 heteroatoms. The number of nitrogen functional groups attached to an aromatic ring is 1. The second-order valence-electron chi connectivity index (χ2n) is 6.85. The largest absolute Gasteiger partial charge is 0.397 e. The van der Waals surface area contributed by atoms with E-state index in [2.05, 4.69) is 10.3 Å². The van der Waals surface area contributed by atoms with Crippen LogP contribution in [0.2, 0.25) is 0 Å². The summed E-state index contributed by atoms with van der Waals surface area (Å²) >= 11 is 0. The van der Waals surface area contributed by atoms with Gasteiger partial charge in [-0.2, -0.15) is 8.42 Å². The monoisotopic (exact) mass is 426 g/mol. The Balaban J connectivity index is 1.77. The summed E-state index contributed by atoms with van der Waals surface area (Å²) < 4.78 is 35.2. The van der Waals surface area contributed by atoms with Gasteiger partial charge in [-0.25, -0.2) is 4.98 Å². The third-order valence-corrected chi connectivity index (χ3v) is 5.84. The zero-order valence-corrected chi connectivity index (χ0v) is 16.5. The van der Waals surface area contributed by atoms with E-state index in [-0.39, 0.29) is 27.9 Å². The molecule has 2 aromatic carbocycles. The van der Waals surface area contributed by atoms with Crippen LogP contribution in [0, 0.1) is 0 Å². The van der Waals surface area contributed by atoms with Gasteiger partial charge < -0.3 is 15.6 Å². The summed E-state index contributed by atoms with van der Waals surface area (Å²) in [6, 6.07) is 7.36. The van der Waals surface area contributed by atoms with Crippen molar-refractivity contribution in [3.8, 4) is 0 Å². The number of nitrogens with zero attached hydrogens (tertiary/aromatic N) is 2. The number of fused-ring (bicyclic) bond motifs is 2. The van der Waals surface area contributed by atoms with Gasteiger partial charge in [-0.1, -0.05) is 24.3 Å². The van der Waals surface area contributed by atoms with E-state index in [4.69, 9.17) is 5.73 Å². The van der Waals surface area contributed by atoms with Gasteiger partial charge in [0.25, 0.3) is 10.1 Å². The van der Waals surface area contributed by atoms with Gasteiger partial charge in [0.2, 0.25) is 0 Å². The number of ketones is 2. The Hall–Kier alpha value is -3.50. The van der Waals surface area contributed by atoms with Gasteiger partial charge in [0.05, 0.1) is 23.1 Å². The average molecular weight is 426 g/mol. The van der Waals surface area contributed by atoms with Gasteiger partial charge in [0.15, 0.2) is 11.6 Å². The van der Waals surface area contributed by atoms with Crippen molar-refractivity contribution < 1.29 is 22.6 Å². The van der Waals surface area contributed by atoms with Crippen molar-refractivity contribution in [3.63, 3.8) is 0 Å². The highest BCUT2D eigenvalue weighted by atomic mass is 32.2. The number of nitrogens with one attached hydrogen (secondary N) is 1. The number of anilines is 2. The second kappa shape index (κ2) is 7.39. The van der Waals surface area contributed by atoms with Gasteiger partial charge in [-0.05, 0) is 12.5 Å². The zero-order valence-electron chi connectivity index (χ0n) is 15.7. The predicted molar refractivity (Wildman–Crippen MR) is 109 cm³/mol. The molecule has 0 amide bonds. The predicted octanol–water partition coefficient (Wildman–Crippen LogP) is 1.99. The van der Waals surface area contributed by atoms with Gasteiger partial charge >= 0.3 is 0 Å². The highest BCUT2D eigenvalue weighted by Crippen LogP contribution is 2.39. The lowest BCUT2D eigenvalue weighted by Crippen LogP contribution is -2.25. The SMILES string of the molecule is Nc1c(S(=O)(=O)O)cc(NCCCn2ccnc2)c2c1C(=O)c1ccccc1C2=O. The number of carbonyl (C=O) groups is 2. The van der Waals surface area contributed by atoms with E-state index in [0.717, 1.165) is 6.07 Å². The molecule has 1 aliphatic carbocycles. The van der Waals surface area contributed by atoms with Crippen LogP contribution in [-0.4, -0.2) is 40.6 Å². The molecule has 0 bridgehead atoms. The Labute approximate surface area is 172 Å². The highest BCUT2D eigenvalue weighted by molar-refractivity contribution is 7.86. The molecule has 1 heterocycles. The minimum absolute atomic E-state index is 0.00577. The second-order valence-corrected chi connectivity index (χ2v) is 8.24. The molecule has 154 valence electrons. The number of imidazole rings is 1. The van der Waals surface area contributed by atoms with Gasteiger partial charge in [-0.3, -0.25) is 14.1 Å². The standard InChI is InChI=1S/C20H18N4O5S/c21-18-15(30(27,28)29)10-14(23-6-3-8-24-9-7-22-11-24)16-17(18)20(26)13-5-2-1-4-12(13)19(16)25/h1-2,4-5,7,9-11,23H,3,6,8,21H2,(H,27,28,29). The summed E-state index contributed by atoms with van der Waals surface area (Å²) in [5, 5.41) is 3.02. The Morgan fingerprint density at radius 3 is 2.37 bits per heavy atom. The number of hydrogen-bond donors (Lipinski definition) is 3. The Bertz CT molecular complexity index is 1270. The van der Waals surface area contributed by atoms with E-state index in [1.165, 1.54) is 12.1 Å². The van der Waals surface area contributed by atoms with E-state index in [1.807, 2.05) is 4.57 Å². The molecule has 4 N–H and O–H groups in total. The molecule has 0 saturated carbocycles. The number of aromatic nitrogens is 2. The molecule has 0 unspecified atom stereocenters. The number of carbonyl (C=O) groups excluding carboxylic acids is 2. The summed E-state index contributed by atoms with van der Waals surface area (Å²) in [6.07, 6.45) is 5.76. The maximum atomic E-state index is 13.1. The van der Waals surface area contributed by atoms with Crippen molar-refractivity contribution in [1.29, 1.82) is 0 Å². The van der Waals surface area contributed by atoms with Gasteiger partial charge in [0, 0.05) is 42.3 Å². The molecular formula is C20H18N4O5S. The summed E-state index contributed by atoms with van der Waals surface area (Å²) in [7, 11) is -4.71. The third-order valence-electron chi connectivity index (χ3n) is 4.95. The maximum Gasteiger partial charge on any atom is 0.296 e. The molecule has 0 spiro atoms. The number of hydrogen-bond acceptors (Lipinski definition) is 7. The number of rotatable bonds is 6. The lowest BCUT2D eigenvalue weighted by molar-refractivity contribution is 0.0980. The number of aryl methyl sites for hydroxylation is 1. The molecular weight excluding hydrogens is 408 g/mol. The van der Waals surface area contributed by atoms with Crippen molar-refractivity contribution in [2.45, 2.75) is 17.9 Å². The van der Waals surface area contributed by atoms with Crippen molar-refractivity contribution in [2.24, 2.45) is 0 Å². The number of nitrogens with two attached hydrogens (primary N) is 1. The topological polar surface area (TPSA) is 144 Å². The van der Waals surface area contributed by atoms with Crippen LogP contribution in [-0.2, 0) is 16.7 Å². The average Bonchev–Trinajstić information content (AvgIpc) is 3.22. The van der Waals surface area contributed by atoms with Crippen molar-refractivity contribution in [2.75, 3.05) is 17.6 Å². The molecule has 0 fully saturated rings. The Morgan fingerprint density at radius 1 is 1.10 bits per heavy atom. The van der Waals surface area contributed by atoms with Crippen LogP contribution in [0.25, 0.3) is 0 Å². The Morgan fingerprint density at radius 2 is 1.77 bits per heavy atom. The summed E-state index contributed by atoms with van der Waals surface area (Å²) in [4.78, 5) is 29.5. The zero-order chi connectivity index (χ0) is 21.5. The quantitative estimate of drug-likeness (QED) is 0.241. The van der Waals surface area contributed by atoms with E-state index in [1.54, 1.807) is 30.9 Å². The van der Waals surface area contributed by atoms with Crippen LogP contribution in [0.3, 0.4) is 0 Å². The first-order valence-corrected chi connectivity index (χ1v) is 10.5. The van der Waals surface area contributed by atoms with Crippen LogP contribution in [0.15, 0.2) is 53.9 Å². The highest BCUT2D eigenvalue weighted by Gasteiger charge is 2.36. The van der Waals surface area contributed by atoms with Crippen molar-refractivity contribution in [3.05, 3.63) is 71.3 Å². The van der Waals surface area contributed by atoms with E-state index >= 15 is 0 Å². The number of benzene rings is 2. The van der Waals surface area contributed by atoms with Gasteiger partial charge in [-0.15, -0.1) is 0 Å². The van der Waals surface area contributed by atoms with Crippen LogP contribution >= 0.6 is 0 Å². The molecule has 9 nitrogen and oxygen atoms in total. The molecule has 0 aliphatic heterocycles. The van der Waals surface area contributed by atoms with Crippen LogP contribution in [0.5, 0.6) is 0 Å². The van der Waals surface area contributed by atoms with E-state index in [9.17, 15) is 22.6 Å². The summed E-state index contributed by atoms with van der Waals surface area (Å²) in [5.41, 5.74) is 5.77. The fourth-order valence-corrected chi connectivity index (χ4v) is 4.20. The smallest absolute Gasteiger partial charge is 0.296 e. The van der Waals surface area contributed by atoms with Crippen LogP contribution < -0.4 is 11.1 Å². The molecule has 3 aromatic rings. The molecule has 1 aliphatic rings. The third kappa shape index (κ3) is 3.36. The lowest BCUT2D eigenvalue weighted by Gasteiger charge is -2.23. The van der Waals surface area contributed by atoms with Crippen molar-refractivity contribution in [1.82, 2.24) is 9.55 Å². The molecule has 1 aromatic heterocycles. The fraction of sp³-hybridized carbons (Fsp3) is 0.150. The minimum atomic E-state index is -4.71. The molecule has 30 heavy (non-hydrogen) atoms. The maximum absolute atomic E-state index is 13.1. The Kier molecular flexibility index (Phi) is 4.88. The fourth-order valence-electron chi connectivity index (χ4n) is 3.55. The molecule has 4 rings (SSSR count). The van der Waals surface area contributed by atoms with Crippen LogP contribution in [0.1, 0.15) is 38.3 Å². The molecule has 0 radical (unpaired) electrons.